The Labute approximate surface area is 98.6 Å². The second kappa shape index (κ2) is 5.64. The van der Waals surface area contributed by atoms with E-state index in [-0.39, 0.29) is 11.8 Å². The monoisotopic (exact) mass is 227 g/mol. The van der Waals surface area contributed by atoms with Crippen molar-refractivity contribution in [3.63, 3.8) is 0 Å². The third-order valence-electron chi connectivity index (χ3n) is 3.41. The zero-order chi connectivity index (χ0) is 12.3. The first-order chi connectivity index (χ1) is 7.43. The number of carbonyl (C=O) groups is 1. The van der Waals surface area contributed by atoms with Crippen LogP contribution in [0.3, 0.4) is 0 Å². The number of rotatable bonds is 6. The van der Waals surface area contributed by atoms with E-state index >= 15 is 0 Å². The molecule has 16 heavy (non-hydrogen) atoms. The van der Waals surface area contributed by atoms with Gasteiger partial charge in [-0.25, -0.2) is 0 Å². The Bertz CT molecular complexity index is 238. The van der Waals surface area contributed by atoms with Crippen molar-refractivity contribution in [1.29, 1.82) is 0 Å². The minimum Gasteiger partial charge on any atom is -0.353 e. The van der Waals surface area contributed by atoms with Crippen LogP contribution in [-0.4, -0.2) is 42.5 Å². The SMILES string of the molecule is CC(C)[C@@H](N)C(=O)NCC(C)N(C)C1CC1. The van der Waals surface area contributed by atoms with Gasteiger partial charge < -0.3 is 11.1 Å². The van der Waals surface area contributed by atoms with Gasteiger partial charge in [0.1, 0.15) is 0 Å². The molecule has 0 aromatic carbocycles. The molecule has 4 nitrogen and oxygen atoms in total. The predicted molar refractivity (Wildman–Crippen MR) is 66.1 cm³/mol. The Morgan fingerprint density at radius 2 is 2.00 bits per heavy atom. The van der Waals surface area contributed by atoms with Crippen molar-refractivity contribution in [2.45, 2.75) is 51.7 Å². The maximum Gasteiger partial charge on any atom is 0.237 e. The second-order valence-corrected chi connectivity index (χ2v) is 5.26. The fourth-order valence-corrected chi connectivity index (χ4v) is 1.65. The Morgan fingerprint density at radius 3 is 2.44 bits per heavy atom. The van der Waals surface area contributed by atoms with Gasteiger partial charge in [0.05, 0.1) is 6.04 Å². The molecule has 1 rings (SSSR count). The minimum absolute atomic E-state index is 0.0361. The van der Waals surface area contributed by atoms with Crippen LogP contribution in [0, 0.1) is 5.92 Å². The molecular formula is C12H25N3O. The number of likely N-dealkylation sites (N-methyl/N-ethyl adjacent to an activating group) is 1. The summed E-state index contributed by atoms with van der Waals surface area (Å²) < 4.78 is 0. The smallest absolute Gasteiger partial charge is 0.237 e. The number of nitrogens with one attached hydrogen (secondary N) is 1. The Balaban J connectivity index is 2.25. The number of hydrogen-bond acceptors (Lipinski definition) is 3. The van der Waals surface area contributed by atoms with Crippen molar-refractivity contribution in [2.75, 3.05) is 13.6 Å². The molecular weight excluding hydrogens is 202 g/mol. The molecule has 1 aliphatic rings. The van der Waals surface area contributed by atoms with Crippen molar-refractivity contribution < 1.29 is 4.79 Å². The van der Waals surface area contributed by atoms with Gasteiger partial charge in [-0.2, -0.15) is 0 Å². The average molecular weight is 227 g/mol. The summed E-state index contributed by atoms with van der Waals surface area (Å²) >= 11 is 0. The molecule has 1 aliphatic carbocycles. The van der Waals surface area contributed by atoms with Crippen molar-refractivity contribution >= 4 is 5.91 Å². The lowest BCUT2D eigenvalue weighted by molar-refractivity contribution is -0.123. The van der Waals surface area contributed by atoms with Crippen LogP contribution in [0.2, 0.25) is 0 Å². The molecule has 2 atom stereocenters. The zero-order valence-corrected chi connectivity index (χ0v) is 10.9. The standard InChI is InChI=1S/C12H25N3O/c1-8(2)11(13)12(16)14-7-9(3)15(4)10-5-6-10/h8-11H,5-7,13H2,1-4H3,(H,14,16)/t9?,11-/m1/s1. The molecule has 4 heteroatoms. The molecule has 0 heterocycles. The highest BCUT2D eigenvalue weighted by Crippen LogP contribution is 2.26. The predicted octanol–water partition coefficient (Wildman–Crippen LogP) is 0.569. The summed E-state index contributed by atoms with van der Waals surface area (Å²) in [6.45, 7) is 6.75. The van der Waals surface area contributed by atoms with Crippen LogP contribution in [0.4, 0.5) is 0 Å². The van der Waals surface area contributed by atoms with E-state index in [0.717, 1.165) is 6.04 Å². The third-order valence-corrected chi connectivity index (χ3v) is 3.41. The van der Waals surface area contributed by atoms with Gasteiger partial charge in [0, 0.05) is 18.6 Å². The molecule has 1 saturated carbocycles. The van der Waals surface area contributed by atoms with Crippen molar-refractivity contribution in [2.24, 2.45) is 11.7 Å². The summed E-state index contributed by atoms with van der Waals surface area (Å²) in [4.78, 5) is 14.0. The normalized spacial score (nSPS) is 19.9. The zero-order valence-electron chi connectivity index (χ0n) is 10.9. The van der Waals surface area contributed by atoms with E-state index < -0.39 is 6.04 Å². The first-order valence-corrected chi connectivity index (χ1v) is 6.18. The van der Waals surface area contributed by atoms with Crippen molar-refractivity contribution in [3.8, 4) is 0 Å². The molecule has 1 amide bonds. The number of hydrogen-bond donors (Lipinski definition) is 2. The van der Waals surface area contributed by atoms with Gasteiger partial charge in [-0.1, -0.05) is 13.8 Å². The van der Waals surface area contributed by atoms with Crippen molar-refractivity contribution in [3.05, 3.63) is 0 Å². The number of nitrogens with zero attached hydrogens (tertiary/aromatic N) is 1. The lowest BCUT2D eigenvalue weighted by atomic mass is 10.1. The second-order valence-electron chi connectivity index (χ2n) is 5.26. The molecule has 0 radical (unpaired) electrons. The topological polar surface area (TPSA) is 58.4 Å². The van der Waals surface area contributed by atoms with Gasteiger partial charge in [-0.05, 0) is 32.7 Å². The van der Waals surface area contributed by atoms with Gasteiger partial charge >= 0.3 is 0 Å². The minimum atomic E-state index is -0.390. The van der Waals surface area contributed by atoms with Gasteiger partial charge in [-0.15, -0.1) is 0 Å². The highest BCUT2D eigenvalue weighted by atomic mass is 16.2. The van der Waals surface area contributed by atoms with Crippen LogP contribution in [0.25, 0.3) is 0 Å². The quantitative estimate of drug-likeness (QED) is 0.697. The molecule has 0 aromatic rings. The molecule has 3 N–H and O–H groups in total. The van der Waals surface area contributed by atoms with E-state index in [4.69, 9.17) is 5.73 Å². The van der Waals surface area contributed by atoms with Gasteiger partial charge in [0.15, 0.2) is 0 Å². The van der Waals surface area contributed by atoms with Crippen LogP contribution in [0.5, 0.6) is 0 Å². The summed E-state index contributed by atoms with van der Waals surface area (Å²) in [5, 5.41) is 2.92. The van der Waals surface area contributed by atoms with Crippen LogP contribution in [0.15, 0.2) is 0 Å². The maximum absolute atomic E-state index is 11.6. The molecule has 0 bridgehead atoms. The lowest BCUT2D eigenvalue weighted by Crippen LogP contribution is -2.48. The molecule has 0 aliphatic heterocycles. The van der Waals surface area contributed by atoms with Crippen LogP contribution < -0.4 is 11.1 Å². The van der Waals surface area contributed by atoms with Crippen LogP contribution in [-0.2, 0) is 4.79 Å². The summed E-state index contributed by atoms with van der Waals surface area (Å²) in [6, 6.07) is 0.722. The van der Waals surface area contributed by atoms with E-state index in [1.807, 2.05) is 13.8 Å². The average Bonchev–Trinajstić information content (AvgIpc) is 3.06. The van der Waals surface area contributed by atoms with Gasteiger partial charge in [-0.3, -0.25) is 9.69 Å². The van der Waals surface area contributed by atoms with E-state index in [1.54, 1.807) is 0 Å². The Hall–Kier alpha value is -0.610. The first kappa shape index (κ1) is 13.5. The van der Waals surface area contributed by atoms with E-state index in [9.17, 15) is 4.79 Å². The van der Waals surface area contributed by atoms with Crippen LogP contribution in [0.1, 0.15) is 33.6 Å². The fourth-order valence-electron chi connectivity index (χ4n) is 1.65. The molecule has 0 spiro atoms. The highest BCUT2D eigenvalue weighted by Gasteiger charge is 2.29. The fraction of sp³-hybridized carbons (Fsp3) is 0.917. The van der Waals surface area contributed by atoms with Gasteiger partial charge in [0.2, 0.25) is 5.91 Å². The maximum atomic E-state index is 11.6. The highest BCUT2D eigenvalue weighted by molar-refractivity contribution is 5.81. The van der Waals surface area contributed by atoms with Crippen molar-refractivity contribution in [1.82, 2.24) is 10.2 Å². The van der Waals surface area contributed by atoms with E-state index in [1.165, 1.54) is 12.8 Å². The Kier molecular flexibility index (Phi) is 4.74. The number of amides is 1. The molecule has 94 valence electrons. The first-order valence-electron chi connectivity index (χ1n) is 6.18. The summed E-state index contributed by atoms with van der Waals surface area (Å²) in [5.41, 5.74) is 5.77. The largest absolute Gasteiger partial charge is 0.353 e. The van der Waals surface area contributed by atoms with E-state index in [0.29, 0.717) is 12.6 Å². The number of carbonyl (C=O) groups excluding carboxylic acids is 1. The summed E-state index contributed by atoms with van der Waals surface area (Å²) in [6.07, 6.45) is 2.58. The Morgan fingerprint density at radius 1 is 1.44 bits per heavy atom. The van der Waals surface area contributed by atoms with E-state index in [2.05, 4.69) is 24.2 Å². The summed E-state index contributed by atoms with van der Waals surface area (Å²) in [5.74, 6) is 0.155. The third kappa shape index (κ3) is 3.76. The molecule has 1 unspecified atom stereocenters. The number of nitrogens with two attached hydrogens (primary N) is 1. The molecule has 1 fully saturated rings. The lowest BCUT2D eigenvalue weighted by Gasteiger charge is -2.25. The molecule has 0 aromatic heterocycles. The summed E-state index contributed by atoms with van der Waals surface area (Å²) in [7, 11) is 2.12. The molecule has 0 saturated heterocycles. The van der Waals surface area contributed by atoms with Gasteiger partial charge in [0.25, 0.3) is 0 Å². The van der Waals surface area contributed by atoms with Crippen LogP contribution >= 0.6 is 0 Å².